The van der Waals surface area contributed by atoms with Crippen molar-refractivity contribution in [3.8, 4) is 0 Å². The molecule has 0 aliphatic heterocycles. The molecule has 3 amide bonds. The van der Waals surface area contributed by atoms with Gasteiger partial charge in [0.2, 0.25) is 11.8 Å². The highest BCUT2D eigenvalue weighted by molar-refractivity contribution is 6.00. The van der Waals surface area contributed by atoms with Gasteiger partial charge in [-0.15, -0.1) is 0 Å². The van der Waals surface area contributed by atoms with Crippen molar-refractivity contribution in [2.45, 2.75) is 46.1 Å². The first-order valence-corrected chi connectivity index (χ1v) is 8.54. The van der Waals surface area contributed by atoms with Gasteiger partial charge in [0.1, 0.15) is 5.60 Å². The maximum atomic E-state index is 12.0. The van der Waals surface area contributed by atoms with Crippen LogP contribution in [0.5, 0.6) is 0 Å². The van der Waals surface area contributed by atoms with Crippen molar-refractivity contribution in [3.63, 3.8) is 0 Å². The topological polar surface area (TPSA) is 96.5 Å². The van der Waals surface area contributed by atoms with E-state index in [1.807, 2.05) is 6.92 Å². The number of benzene rings is 1. The van der Waals surface area contributed by atoms with E-state index in [4.69, 9.17) is 4.74 Å². The Labute approximate surface area is 154 Å². The first-order valence-electron chi connectivity index (χ1n) is 8.54. The zero-order valence-corrected chi connectivity index (χ0v) is 15.7. The van der Waals surface area contributed by atoms with Gasteiger partial charge in [0, 0.05) is 24.3 Å². The van der Waals surface area contributed by atoms with Crippen molar-refractivity contribution >= 4 is 29.3 Å². The zero-order valence-electron chi connectivity index (χ0n) is 15.7. The fourth-order valence-corrected chi connectivity index (χ4v) is 1.90. The minimum atomic E-state index is -0.580. The molecule has 0 radical (unpaired) electrons. The van der Waals surface area contributed by atoms with Crippen LogP contribution in [0.2, 0.25) is 0 Å². The third-order valence-electron chi connectivity index (χ3n) is 2.94. The third kappa shape index (κ3) is 9.46. The highest BCUT2D eigenvalue weighted by Gasteiger charge is 2.15. The molecule has 1 rings (SSSR count). The first kappa shape index (κ1) is 21.2. The monoisotopic (exact) mass is 361 g/mol. The van der Waals surface area contributed by atoms with Crippen molar-refractivity contribution < 1.29 is 19.1 Å². The molecule has 0 unspecified atom stereocenters. The number of hydrogen-bond acceptors (Lipinski definition) is 4. The molecule has 1 aromatic rings. The minimum Gasteiger partial charge on any atom is -0.444 e. The van der Waals surface area contributed by atoms with Crippen LogP contribution in [0.15, 0.2) is 36.4 Å². The van der Waals surface area contributed by atoms with E-state index in [0.717, 1.165) is 6.42 Å². The molecule has 0 aromatic heterocycles. The van der Waals surface area contributed by atoms with Gasteiger partial charge in [-0.3, -0.25) is 9.59 Å². The van der Waals surface area contributed by atoms with Crippen LogP contribution in [0.4, 0.5) is 16.2 Å². The molecule has 0 saturated heterocycles. The van der Waals surface area contributed by atoms with Gasteiger partial charge in [0.25, 0.3) is 0 Å². The molecular formula is C19H27N3O4. The fourth-order valence-electron chi connectivity index (χ4n) is 1.90. The van der Waals surface area contributed by atoms with Gasteiger partial charge in [0.15, 0.2) is 0 Å². The summed E-state index contributed by atoms with van der Waals surface area (Å²) in [5.74, 6) is -0.479. The van der Waals surface area contributed by atoms with Crippen molar-refractivity contribution in [1.82, 2.24) is 5.32 Å². The molecule has 7 heteroatoms. The van der Waals surface area contributed by atoms with Crippen LogP contribution in [-0.4, -0.2) is 30.1 Å². The summed E-state index contributed by atoms with van der Waals surface area (Å²) in [5, 5.41) is 7.97. The minimum absolute atomic E-state index is 0.106. The molecule has 0 aliphatic carbocycles. The number of carbonyl (C=O) groups is 3. The largest absolute Gasteiger partial charge is 0.444 e. The van der Waals surface area contributed by atoms with Crippen LogP contribution < -0.4 is 16.0 Å². The summed E-state index contributed by atoms with van der Waals surface area (Å²) < 4.78 is 5.09. The summed E-state index contributed by atoms with van der Waals surface area (Å²) >= 11 is 0. The van der Waals surface area contributed by atoms with E-state index >= 15 is 0 Å². The Morgan fingerprint density at radius 1 is 1.12 bits per heavy atom. The lowest BCUT2D eigenvalue weighted by Crippen LogP contribution is -2.34. The van der Waals surface area contributed by atoms with E-state index < -0.39 is 11.7 Å². The van der Waals surface area contributed by atoms with E-state index in [1.165, 1.54) is 6.08 Å². The van der Waals surface area contributed by atoms with Crippen LogP contribution >= 0.6 is 0 Å². The molecule has 0 atom stereocenters. The summed E-state index contributed by atoms with van der Waals surface area (Å²) in [6, 6.07) is 6.85. The maximum Gasteiger partial charge on any atom is 0.407 e. The smallest absolute Gasteiger partial charge is 0.407 e. The average molecular weight is 361 g/mol. The molecule has 0 fully saturated rings. The predicted molar refractivity (Wildman–Crippen MR) is 102 cm³/mol. The van der Waals surface area contributed by atoms with E-state index in [-0.39, 0.29) is 24.8 Å². The quantitative estimate of drug-likeness (QED) is 0.648. The third-order valence-corrected chi connectivity index (χ3v) is 2.94. The van der Waals surface area contributed by atoms with Crippen LogP contribution in [0.3, 0.4) is 0 Å². The van der Waals surface area contributed by atoms with Crippen molar-refractivity contribution in [2.75, 3.05) is 17.2 Å². The molecule has 1 aromatic carbocycles. The number of allylic oxidation sites excluding steroid dienone is 1. The number of anilines is 2. The lowest BCUT2D eigenvalue weighted by Gasteiger charge is -2.19. The lowest BCUT2D eigenvalue weighted by molar-refractivity contribution is -0.116. The Morgan fingerprint density at radius 2 is 1.77 bits per heavy atom. The molecule has 0 saturated carbocycles. The molecule has 0 spiro atoms. The maximum absolute atomic E-state index is 12.0. The van der Waals surface area contributed by atoms with Crippen LogP contribution in [0.1, 0.15) is 40.5 Å². The van der Waals surface area contributed by atoms with Crippen LogP contribution in [0, 0.1) is 0 Å². The molecule has 7 nitrogen and oxygen atoms in total. The normalized spacial score (nSPS) is 11.1. The standard InChI is InChI=1S/C19H27N3O4/c1-5-6-10-16(23)21-14-8-7-9-15(13-14)22-17(24)11-12-20-18(25)26-19(2,3)4/h6-10,13H,5,11-12H2,1-4H3,(H,20,25)(H,21,23)(H,22,24)/b10-6+. The number of carbonyl (C=O) groups excluding carboxylic acids is 3. The molecule has 0 aliphatic rings. The number of amides is 3. The Balaban J connectivity index is 2.45. The highest BCUT2D eigenvalue weighted by atomic mass is 16.6. The Morgan fingerprint density at radius 3 is 2.38 bits per heavy atom. The average Bonchev–Trinajstić information content (AvgIpc) is 2.51. The summed E-state index contributed by atoms with van der Waals surface area (Å²) in [6.45, 7) is 7.41. The van der Waals surface area contributed by atoms with E-state index in [9.17, 15) is 14.4 Å². The number of hydrogen-bond donors (Lipinski definition) is 3. The van der Waals surface area contributed by atoms with Gasteiger partial charge in [-0.25, -0.2) is 4.79 Å². The van der Waals surface area contributed by atoms with E-state index in [0.29, 0.717) is 11.4 Å². The summed E-state index contributed by atoms with van der Waals surface area (Å²) in [5.41, 5.74) is 0.564. The summed E-state index contributed by atoms with van der Waals surface area (Å²) in [7, 11) is 0. The van der Waals surface area contributed by atoms with Crippen LogP contribution in [-0.2, 0) is 14.3 Å². The van der Waals surface area contributed by atoms with Gasteiger partial charge in [0.05, 0.1) is 0 Å². The molecule has 26 heavy (non-hydrogen) atoms. The molecule has 142 valence electrons. The highest BCUT2D eigenvalue weighted by Crippen LogP contribution is 2.15. The molecule has 3 N–H and O–H groups in total. The first-order chi connectivity index (χ1) is 12.2. The molecular weight excluding hydrogens is 334 g/mol. The molecule has 0 heterocycles. The van der Waals surface area contributed by atoms with Gasteiger partial charge in [-0.2, -0.15) is 0 Å². The Bertz CT molecular complexity index is 663. The van der Waals surface area contributed by atoms with Crippen molar-refractivity contribution in [1.29, 1.82) is 0 Å². The molecule has 0 bridgehead atoms. The number of nitrogens with one attached hydrogen (secondary N) is 3. The van der Waals surface area contributed by atoms with Crippen molar-refractivity contribution in [3.05, 3.63) is 36.4 Å². The SMILES string of the molecule is CC/C=C/C(=O)Nc1cccc(NC(=O)CCNC(=O)OC(C)(C)C)c1. The zero-order chi connectivity index (χ0) is 19.6. The van der Waals surface area contributed by atoms with Crippen molar-refractivity contribution in [2.24, 2.45) is 0 Å². The van der Waals surface area contributed by atoms with Gasteiger partial charge < -0.3 is 20.7 Å². The van der Waals surface area contributed by atoms with Crippen LogP contribution in [0.25, 0.3) is 0 Å². The van der Waals surface area contributed by atoms with Gasteiger partial charge >= 0.3 is 6.09 Å². The lowest BCUT2D eigenvalue weighted by atomic mass is 10.2. The summed E-state index contributed by atoms with van der Waals surface area (Å²) in [6.07, 6.45) is 3.55. The van der Waals surface area contributed by atoms with E-state index in [2.05, 4.69) is 16.0 Å². The van der Waals surface area contributed by atoms with Gasteiger partial charge in [-0.1, -0.05) is 19.1 Å². The second-order valence-corrected chi connectivity index (χ2v) is 6.61. The second kappa shape index (κ2) is 10.2. The summed E-state index contributed by atoms with van der Waals surface area (Å²) in [4.78, 5) is 35.1. The van der Waals surface area contributed by atoms with Gasteiger partial charge in [-0.05, 0) is 51.5 Å². The fraction of sp³-hybridized carbons (Fsp3) is 0.421. The Hall–Kier alpha value is -2.83. The number of ether oxygens (including phenoxy) is 1. The number of rotatable bonds is 7. The predicted octanol–water partition coefficient (Wildman–Crippen LogP) is 3.44. The number of alkyl carbamates (subject to hydrolysis) is 1. The Kier molecular flexibility index (Phi) is 8.34. The van der Waals surface area contributed by atoms with E-state index in [1.54, 1.807) is 51.1 Å². The second-order valence-electron chi connectivity index (χ2n) is 6.61.